The summed E-state index contributed by atoms with van der Waals surface area (Å²) in [6.45, 7) is -2.48. The van der Waals surface area contributed by atoms with Crippen molar-refractivity contribution in [2.75, 3.05) is 18.1 Å². The third kappa shape index (κ3) is 6.76. The highest BCUT2D eigenvalue weighted by Gasteiger charge is 2.47. The lowest BCUT2D eigenvalue weighted by atomic mass is 10.1. The van der Waals surface area contributed by atoms with E-state index in [1.165, 1.54) is 23.5 Å². The molecule has 196 valence electrons. The van der Waals surface area contributed by atoms with E-state index in [4.69, 9.17) is 4.74 Å². The molecule has 1 aliphatic carbocycles. The molecule has 1 aliphatic rings. The van der Waals surface area contributed by atoms with E-state index >= 15 is 0 Å². The van der Waals surface area contributed by atoms with Crippen LogP contribution in [0.25, 0.3) is 11.1 Å². The van der Waals surface area contributed by atoms with Gasteiger partial charge in [-0.1, -0.05) is 12.1 Å². The summed E-state index contributed by atoms with van der Waals surface area (Å²) in [7, 11) is 0. The van der Waals surface area contributed by atoms with Crippen LogP contribution in [0.15, 0.2) is 61.2 Å². The maximum absolute atomic E-state index is 13.3. The predicted molar refractivity (Wildman–Crippen MR) is 123 cm³/mol. The minimum absolute atomic E-state index is 0.0690. The topological polar surface area (TPSA) is 77.4 Å². The summed E-state index contributed by atoms with van der Waals surface area (Å²) >= 11 is 0. The van der Waals surface area contributed by atoms with Crippen LogP contribution in [0.2, 0.25) is 0 Å². The van der Waals surface area contributed by atoms with Crippen molar-refractivity contribution in [2.24, 2.45) is 5.92 Å². The average molecular weight is 522 g/mol. The Morgan fingerprint density at radius 2 is 1.81 bits per heavy atom. The Balaban J connectivity index is 1.47. The summed E-state index contributed by atoms with van der Waals surface area (Å²) in [6, 6.07) is 11.4. The fourth-order valence-corrected chi connectivity index (χ4v) is 3.82. The Bertz CT molecular complexity index is 1180. The molecule has 0 radical (unpaired) electrons. The molecule has 1 aromatic carbocycles. The number of hydrogen-bond acceptors (Lipinski definition) is 6. The second kappa shape index (κ2) is 11.2. The van der Waals surface area contributed by atoms with E-state index in [2.05, 4.69) is 19.7 Å². The zero-order chi connectivity index (χ0) is 26.6. The molecule has 7 nitrogen and oxygen atoms in total. The zero-order valence-electron chi connectivity index (χ0n) is 19.6. The number of rotatable bonds is 10. The molecule has 2 aromatic heterocycles. The second-order valence-electron chi connectivity index (χ2n) is 8.44. The van der Waals surface area contributed by atoms with Crippen LogP contribution >= 0.6 is 0 Å². The zero-order valence-corrected chi connectivity index (χ0v) is 19.6. The summed E-state index contributed by atoms with van der Waals surface area (Å²) in [5.74, 6) is -0.794. The molecule has 3 atom stereocenters. The first-order valence-corrected chi connectivity index (χ1v) is 11.4. The molecule has 1 fully saturated rings. The van der Waals surface area contributed by atoms with Crippen molar-refractivity contribution in [3.63, 3.8) is 0 Å². The van der Waals surface area contributed by atoms with Gasteiger partial charge in [0, 0.05) is 53.8 Å². The number of aromatic nitrogens is 3. The van der Waals surface area contributed by atoms with Crippen LogP contribution in [-0.2, 0) is 9.53 Å². The molecule has 0 N–H and O–H groups in total. The standard InChI is InChI=1S/C25H23F5N4O3/c1-15(25(28,29)30)37-22-7-4-17(13-32-22)16-2-5-18(6-3-16)34(10-11-36-24(26)27)23(35)20-12-19(20)21-8-9-31-14-33-21/h2-9,13-15,19-20,24H,10-12H2,1H3/t15-,19+,20+/m0/s1. The van der Waals surface area contributed by atoms with Gasteiger partial charge in [-0.05, 0) is 43.2 Å². The Hall–Kier alpha value is -3.67. The van der Waals surface area contributed by atoms with Gasteiger partial charge in [-0.15, -0.1) is 0 Å². The van der Waals surface area contributed by atoms with Crippen LogP contribution in [0.3, 0.4) is 0 Å². The fourth-order valence-electron chi connectivity index (χ4n) is 3.82. The first-order valence-electron chi connectivity index (χ1n) is 11.4. The first-order chi connectivity index (χ1) is 17.6. The van der Waals surface area contributed by atoms with Crippen molar-refractivity contribution < 1.29 is 36.2 Å². The van der Waals surface area contributed by atoms with Gasteiger partial charge in [-0.25, -0.2) is 15.0 Å². The average Bonchev–Trinajstić information content (AvgIpc) is 3.68. The molecular weight excluding hydrogens is 499 g/mol. The highest BCUT2D eigenvalue weighted by atomic mass is 19.4. The van der Waals surface area contributed by atoms with Gasteiger partial charge in [0.1, 0.15) is 6.33 Å². The van der Waals surface area contributed by atoms with Crippen LogP contribution in [0.4, 0.5) is 27.6 Å². The smallest absolute Gasteiger partial charge is 0.425 e. The van der Waals surface area contributed by atoms with E-state index in [1.54, 1.807) is 42.6 Å². The van der Waals surface area contributed by atoms with Crippen molar-refractivity contribution in [1.29, 1.82) is 0 Å². The van der Waals surface area contributed by atoms with Gasteiger partial charge in [0.15, 0.2) is 6.10 Å². The molecule has 0 aliphatic heterocycles. The molecule has 1 saturated carbocycles. The SMILES string of the molecule is C[C@H](Oc1ccc(-c2ccc(N(CCOC(F)F)C(=O)[C@@H]3C[C@H]3c3ccncn3)cc2)cn1)C(F)(F)F. The van der Waals surface area contributed by atoms with Crippen LogP contribution < -0.4 is 9.64 Å². The minimum atomic E-state index is -4.50. The highest BCUT2D eigenvalue weighted by molar-refractivity contribution is 5.97. The number of ether oxygens (including phenoxy) is 2. The maximum atomic E-state index is 13.3. The summed E-state index contributed by atoms with van der Waals surface area (Å²) < 4.78 is 72.3. The largest absolute Gasteiger partial charge is 0.465 e. The van der Waals surface area contributed by atoms with Gasteiger partial charge >= 0.3 is 12.8 Å². The molecular formula is C25H23F5N4O3. The van der Waals surface area contributed by atoms with Crippen molar-refractivity contribution in [3.05, 3.63) is 66.9 Å². The Morgan fingerprint density at radius 1 is 1.08 bits per heavy atom. The molecule has 3 aromatic rings. The number of alkyl halides is 5. The fraction of sp³-hybridized carbons (Fsp3) is 0.360. The molecule has 0 spiro atoms. The number of carbonyl (C=O) groups excluding carboxylic acids is 1. The number of halogens is 5. The molecule has 0 saturated heterocycles. The lowest BCUT2D eigenvalue weighted by Gasteiger charge is -2.23. The number of hydrogen-bond donors (Lipinski definition) is 0. The van der Waals surface area contributed by atoms with E-state index in [1.807, 2.05) is 0 Å². The van der Waals surface area contributed by atoms with Crippen molar-refractivity contribution in [3.8, 4) is 17.0 Å². The third-order valence-corrected chi connectivity index (χ3v) is 5.92. The van der Waals surface area contributed by atoms with E-state index < -0.39 is 18.9 Å². The molecule has 37 heavy (non-hydrogen) atoms. The quantitative estimate of drug-likeness (QED) is 0.339. The molecule has 1 amide bonds. The molecule has 12 heteroatoms. The Kier molecular flexibility index (Phi) is 7.96. The van der Waals surface area contributed by atoms with Gasteiger partial charge in [-0.2, -0.15) is 22.0 Å². The maximum Gasteiger partial charge on any atom is 0.425 e. The minimum Gasteiger partial charge on any atom is -0.465 e. The Morgan fingerprint density at radius 3 is 2.41 bits per heavy atom. The number of amides is 1. The highest BCUT2D eigenvalue weighted by Crippen LogP contribution is 2.48. The normalized spacial score (nSPS) is 17.9. The number of benzene rings is 1. The van der Waals surface area contributed by atoms with Crippen LogP contribution in [0.1, 0.15) is 25.0 Å². The van der Waals surface area contributed by atoms with Crippen LogP contribution in [-0.4, -0.2) is 52.9 Å². The van der Waals surface area contributed by atoms with E-state index in [0.29, 0.717) is 23.2 Å². The van der Waals surface area contributed by atoms with E-state index in [9.17, 15) is 26.7 Å². The summed E-state index contributed by atoms with van der Waals surface area (Å²) in [4.78, 5) is 26.7. The summed E-state index contributed by atoms with van der Waals surface area (Å²) in [6.07, 6.45) is -1.53. The molecule has 4 rings (SSSR count). The lowest BCUT2D eigenvalue weighted by molar-refractivity contribution is -0.189. The van der Waals surface area contributed by atoms with Gasteiger partial charge in [0.05, 0.1) is 6.61 Å². The van der Waals surface area contributed by atoms with E-state index in [0.717, 1.165) is 12.6 Å². The summed E-state index contributed by atoms with van der Waals surface area (Å²) in [5.41, 5.74) is 2.54. The van der Waals surface area contributed by atoms with Crippen molar-refractivity contribution in [1.82, 2.24) is 15.0 Å². The number of nitrogens with zero attached hydrogens (tertiary/aromatic N) is 4. The second-order valence-corrected chi connectivity index (χ2v) is 8.44. The molecule has 2 heterocycles. The summed E-state index contributed by atoms with van der Waals surface area (Å²) in [5, 5.41) is 0. The van der Waals surface area contributed by atoms with Gasteiger partial charge in [0.2, 0.25) is 11.8 Å². The van der Waals surface area contributed by atoms with Crippen molar-refractivity contribution in [2.45, 2.75) is 38.2 Å². The van der Waals surface area contributed by atoms with Crippen LogP contribution in [0, 0.1) is 5.92 Å². The van der Waals surface area contributed by atoms with Gasteiger partial charge in [0.25, 0.3) is 0 Å². The predicted octanol–water partition coefficient (Wildman–Crippen LogP) is 5.24. The number of carbonyl (C=O) groups is 1. The van der Waals surface area contributed by atoms with Crippen molar-refractivity contribution >= 4 is 11.6 Å². The van der Waals surface area contributed by atoms with E-state index in [-0.39, 0.29) is 36.8 Å². The van der Waals surface area contributed by atoms with Crippen LogP contribution in [0.5, 0.6) is 5.88 Å². The Labute approximate surface area is 209 Å². The number of pyridine rings is 1. The van der Waals surface area contributed by atoms with Gasteiger partial charge < -0.3 is 14.4 Å². The third-order valence-electron chi connectivity index (χ3n) is 5.92. The lowest BCUT2D eigenvalue weighted by Crippen LogP contribution is -2.36. The first kappa shape index (κ1) is 26.4. The molecule has 0 bridgehead atoms. The molecule has 0 unspecified atom stereocenters. The van der Waals surface area contributed by atoms with Gasteiger partial charge in [-0.3, -0.25) is 4.79 Å². The monoisotopic (exact) mass is 522 g/mol. The number of anilines is 1.